The smallest absolute Gasteiger partial charge is 0.308 e. The molecule has 2 fully saturated rings. The van der Waals surface area contributed by atoms with Crippen LogP contribution in [0.1, 0.15) is 42.9 Å². The summed E-state index contributed by atoms with van der Waals surface area (Å²) in [5.74, 6) is 0.290. The van der Waals surface area contributed by atoms with Crippen molar-refractivity contribution in [3.05, 3.63) is 96.1 Å². The first-order valence-electron chi connectivity index (χ1n) is 11.2. The minimum Gasteiger partial charge on any atom is -0.308 e. The van der Waals surface area contributed by atoms with Crippen LogP contribution in [0.15, 0.2) is 85.0 Å². The lowest BCUT2D eigenvalue weighted by molar-refractivity contribution is 0.160. The molecule has 4 heteroatoms. The molecule has 30 heavy (non-hydrogen) atoms. The van der Waals surface area contributed by atoms with E-state index in [2.05, 4.69) is 95.0 Å². The number of rotatable bonds is 5. The van der Waals surface area contributed by atoms with Gasteiger partial charge in [-0.1, -0.05) is 96.4 Å². The Morgan fingerprint density at radius 3 is 2.40 bits per heavy atom. The average molecular weight is 418 g/mol. The lowest BCUT2D eigenvalue weighted by Gasteiger charge is -2.36. The number of nitrogens with zero attached hydrogens (tertiary/aromatic N) is 1. The van der Waals surface area contributed by atoms with E-state index in [9.17, 15) is 4.57 Å². The fourth-order valence-corrected chi connectivity index (χ4v) is 7.68. The molecule has 2 unspecified atom stereocenters. The molecule has 0 spiro atoms. The lowest BCUT2D eigenvalue weighted by atomic mass is 9.84. The van der Waals surface area contributed by atoms with E-state index < -0.39 is 7.95 Å². The molecular weight excluding hydrogens is 387 g/mol. The van der Waals surface area contributed by atoms with E-state index in [1.54, 1.807) is 0 Å². The molecular formula is C26H30N2OP+. The maximum atomic E-state index is 13.8. The molecule has 3 aliphatic rings. The first-order valence-corrected chi connectivity index (χ1v) is 12.5. The van der Waals surface area contributed by atoms with E-state index >= 15 is 0 Å². The third-order valence-corrected chi connectivity index (χ3v) is 8.93. The topological polar surface area (TPSA) is 32.3 Å². The molecule has 0 aromatic heterocycles. The maximum absolute atomic E-state index is 13.8. The summed E-state index contributed by atoms with van der Waals surface area (Å²) in [7, 11) is -1.46. The molecule has 1 N–H and O–H groups in total. The molecule has 5 rings (SSSR count). The van der Waals surface area contributed by atoms with Crippen LogP contribution in [0.2, 0.25) is 0 Å². The zero-order valence-electron chi connectivity index (χ0n) is 17.3. The fourth-order valence-electron chi connectivity index (χ4n) is 5.47. The Morgan fingerprint density at radius 1 is 0.900 bits per heavy atom. The third-order valence-electron chi connectivity index (χ3n) is 6.90. The quantitative estimate of drug-likeness (QED) is 0.606. The normalized spacial score (nSPS) is 32.3. The van der Waals surface area contributed by atoms with Crippen LogP contribution in [-0.2, 0) is 11.1 Å². The summed E-state index contributed by atoms with van der Waals surface area (Å²) in [4.78, 5) is 0. The van der Waals surface area contributed by atoms with Gasteiger partial charge in [0.1, 0.15) is 0 Å². The minimum absolute atomic E-state index is 0.118. The SMILES string of the molecule is O=[P+]1[C@H]2C=CC=CC2[C@@H](c2ccccc2)N1[C@H]1CCCC[C@@H]1NCc1ccccc1. The lowest BCUT2D eigenvalue weighted by Crippen LogP contribution is -2.49. The highest BCUT2D eigenvalue weighted by molar-refractivity contribution is 7.43. The van der Waals surface area contributed by atoms with E-state index in [4.69, 9.17) is 0 Å². The largest absolute Gasteiger partial charge is 0.443 e. The van der Waals surface area contributed by atoms with E-state index in [0.29, 0.717) is 12.1 Å². The van der Waals surface area contributed by atoms with E-state index in [1.807, 2.05) is 0 Å². The second-order valence-corrected chi connectivity index (χ2v) is 10.4. The van der Waals surface area contributed by atoms with Crippen molar-refractivity contribution in [2.75, 3.05) is 0 Å². The van der Waals surface area contributed by atoms with E-state index in [1.165, 1.54) is 24.0 Å². The number of fused-ring (bicyclic) bond motifs is 1. The van der Waals surface area contributed by atoms with Crippen molar-refractivity contribution in [3.63, 3.8) is 0 Å². The first-order chi connectivity index (χ1) is 14.8. The number of hydrogen-bond donors (Lipinski definition) is 1. The molecule has 0 radical (unpaired) electrons. The van der Waals surface area contributed by atoms with Crippen molar-refractivity contribution in [3.8, 4) is 0 Å². The van der Waals surface area contributed by atoms with Gasteiger partial charge < -0.3 is 5.32 Å². The van der Waals surface area contributed by atoms with Gasteiger partial charge in [0.15, 0.2) is 0 Å². The number of allylic oxidation sites excluding steroid dienone is 3. The molecule has 2 aliphatic carbocycles. The molecule has 1 saturated carbocycles. The summed E-state index contributed by atoms with van der Waals surface area (Å²) in [6.45, 7) is 0.870. The minimum atomic E-state index is -1.46. The Hall–Kier alpha value is -2.06. The van der Waals surface area contributed by atoms with Gasteiger partial charge in [0.2, 0.25) is 5.66 Å². The monoisotopic (exact) mass is 417 g/mol. The molecule has 2 aromatic carbocycles. The molecule has 1 saturated heterocycles. The highest BCUT2D eigenvalue weighted by Crippen LogP contribution is 2.59. The van der Waals surface area contributed by atoms with Crippen LogP contribution in [-0.4, -0.2) is 22.4 Å². The second kappa shape index (κ2) is 8.98. The predicted octanol–water partition coefficient (Wildman–Crippen LogP) is 6.00. The van der Waals surface area contributed by atoms with Crippen molar-refractivity contribution < 1.29 is 4.57 Å². The van der Waals surface area contributed by atoms with Crippen molar-refractivity contribution >= 4 is 7.95 Å². The van der Waals surface area contributed by atoms with Crippen molar-refractivity contribution in [1.29, 1.82) is 0 Å². The third kappa shape index (κ3) is 3.83. The van der Waals surface area contributed by atoms with Gasteiger partial charge in [-0.05, 0) is 34.6 Å². The van der Waals surface area contributed by atoms with Crippen LogP contribution in [0, 0.1) is 5.92 Å². The molecule has 1 aliphatic heterocycles. The molecule has 2 aromatic rings. The zero-order chi connectivity index (χ0) is 20.3. The average Bonchev–Trinajstić information content (AvgIpc) is 3.11. The van der Waals surface area contributed by atoms with Gasteiger partial charge in [0, 0.05) is 12.6 Å². The Balaban J connectivity index is 1.44. The molecule has 1 heterocycles. The standard InChI is InChI=1S/C26H30N2OP/c29-30-25-18-10-7-15-22(25)26(21-13-5-2-6-14-21)28(30)24-17-9-8-16-23(24)27-19-20-11-3-1-4-12-20/h1-7,10-15,18,22-27H,8-9,16-17,19H2/q+1/t22?,23-,24-,25-,26+/m0/s1. The summed E-state index contributed by atoms with van der Waals surface area (Å²) in [5, 5.41) is 3.83. The van der Waals surface area contributed by atoms with Gasteiger partial charge in [-0.25, -0.2) is 0 Å². The first kappa shape index (κ1) is 19.9. The van der Waals surface area contributed by atoms with E-state index in [0.717, 1.165) is 19.4 Å². The molecule has 3 nitrogen and oxygen atoms in total. The maximum Gasteiger partial charge on any atom is 0.443 e. The molecule has 0 bridgehead atoms. The molecule has 154 valence electrons. The van der Waals surface area contributed by atoms with Gasteiger partial charge in [-0.15, -0.1) is 0 Å². The molecule has 0 amide bonds. The van der Waals surface area contributed by atoms with Crippen molar-refractivity contribution in [2.24, 2.45) is 5.92 Å². The number of nitrogens with one attached hydrogen (secondary N) is 1. The van der Waals surface area contributed by atoms with Crippen LogP contribution in [0.5, 0.6) is 0 Å². The summed E-state index contributed by atoms with van der Waals surface area (Å²) in [6.07, 6.45) is 13.4. The van der Waals surface area contributed by atoms with Gasteiger partial charge in [0.25, 0.3) is 0 Å². The summed E-state index contributed by atoms with van der Waals surface area (Å²) >= 11 is 0. The van der Waals surface area contributed by atoms with Gasteiger partial charge in [-0.3, -0.25) is 0 Å². The number of benzene rings is 2. The number of hydrogen-bond acceptors (Lipinski definition) is 2. The van der Waals surface area contributed by atoms with Crippen molar-refractivity contribution in [1.82, 2.24) is 9.99 Å². The second-order valence-electron chi connectivity index (χ2n) is 8.70. The Bertz CT molecular complexity index is 927. The van der Waals surface area contributed by atoms with Crippen molar-refractivity contribution in [2.45, 2.75) is 56.0 Å². The molecule has 6 atom stereocenters. The van der Waals surface area contributed by atoms with Gasteiger partial charge in [0.05, 0.1) is 18.0 Å². The zero-order valence-corrected chi connectivity index (χ0v) is 18.2. The Kier molecular flexibility index (Phi) is 5.95. The van der Waals surface area contributed by atoms with Crippen LogP contribution < -0.4 is 5.32 Å². The van der Waals surface area contributed by atoms with Gasteiger partial charge >= 0.3 is 7.95 Å². The van der Waals surface area contributed by atoms with Crippen LogP contribution in [0.4, 0.5) is 0 Å². The highest BCUT2D eigenvalue weighted by Gasteiger charge is 2.60. The van der Waals surface area contributed by atoms with E-state index in [-0.39, 0.29) is 17.6 Å². The van der Waals surface area contributed by atoms with Crippen LogP contribution in [0.3, 0.4) is 0 Å². The Labute approximate surface area is 180 Å². The summed E-state index contributed by atoms with van der Waals surface area (Å²) in [6, 6.07) is 22.2. The van der Waals surface area contributed by atoms with Crippen LogP contribution in [0.25, 0.3) is 0 Å². The highest BCUT2D eigenvalue weighted by atomic mass is 31.1. The summed E-state index contributed by atoms with van der Waals surface area (Å²) < 4.78 is 16.2. The van der Waals surface area contributed by atoms with Gasteiger partial charge in [-0.2, -0.15) is 0 Å². The summed E-state index contributed by atoms with van der Waals surface area (Å²) in [5.41, 5.74) is 2.72. The fraction of sp³-hybridized carbons (Fsp3) is 0.385. The van der Waals surface area contributed by atoms with Crippen LogP contribution >= 0.6 is 7.95 Å². The predicted molar refractivity (Wildman–Crippen MR) is 124 cm³/mol. The Morgan fingerprint density at radius 2 is 1.60 bits per heavy atom.